The van der Waals surface area contributed by atoms with Gasteiger partial charge in [0.1, 0.15) is 10.7 Å². The molecule has 8 heteroatoms. The van der Waals surface area contributed by atoms with Crippen molar-refractivity contribution in [3.63, 3.8) is 0 Å². The first-order valence-corrected chi connectivity index (χ1v) is 7.43. The minimum atomic E-state index is -0.354. The van der Waals surface area contributed by atoms with Crippen LogP contribution in [0.3, 0.4) is 0 Å². The molecule has 1 saturated heterocycles. The normalized spacial score (nSPS) is 18.9. The third-order valence-corrected chi connectivity index (χ3v) is 4.30. The van der Waals surface area contributed by atoms with E-state index < -0.39 is 0 Å². The van der Waals surface area contributed by atoms with Gasteiger partial charge in [-0.05, 0) is 19.8 Å². The van der Waals surface area contributed by atoms with Crippen LogP contribution in [0.4, 0.5) is 10.9 Å². The van der Waals surface area contributed by atoms with Crippen LogP contribution in [0.1, 0.15) is 29.4 Å². The number of aromatic nitrogens is 1. The second-order valence-corrected chi connectivity index (χ2v) is 5.76. The molecule has 1 aromatic heterocycles. The number of piperidine rings is 1. The maximum atomic E-state index is 12.4. The van der Waals surface area contributed by atoms with Gasteiger partial charge >= 0.3 is 0 Å². The van der Waals surface area contributed by atoms with E-state index in [1.54, 1.807) is 4.90 Å². The van der Waals surface area contributed by atoms with E-state index in [0.717, 1.165) is 12.8 Å². The summed E-state index contributed by atoms with van der Waals surface area (Å²) in [4.78, 5) is 29.9. The lowest BCUT2D eigenvalue weighted by Crippen LogP contribution is -2.44. The summed E-state index contributed by atoms with van der Waals surface area (Å²) in [6, 6.07) is 0. The summed E-state index contributed by atoms with van der Waals surface area (Å²) in [6.07, 6.45) is 1.51. The number of primary amides is 1. The lowest BCUT2D eigenvalue weighted by molar-refractivity contribution is -0.123. The highest BCUT2D eigenvalue weighted by Gasteiger charge is 2.29. The lowest BCUT2D eigenvalue weighted by atomic mass is 9.97. The van der Waals surface area contributed by atoms with Gasteiger partial charge in [0.2, 0.25) is 5.91 Å². The molecule has 1 aliphatic heterocycles. The monoisotopic (exact) mass is 297 g/mol. The molecule has 2 amide bonds. The van der Waals surface area contributed by atoms with Crippen molar-refractivity contribution >= 4 is 34.1 Å². The van der Waals surface area contributed by atoms with Crippen molar-refractivity contribution in [3.8, 4) is 0 Å². The summed E-state index contributed by atoms with van der Waals surface area (Å²) in [7, 11) is 0. The van der Waals surface area contributed by atoms with Gasteiger partial charge in [-0.25, -0.2) is 4.98 Å². The molecule has 20 heavy (non-hydrogen) atoms. The van der Waals surface area contributed by atoms with Crippen LogP contribution in [0.25, 0.3) is 0 Å². The average molecular weight is 297 g/mol. The first-order valence-electron chi connectivity index (χ1n) is 6.61. The summed E-state index contributed by atoms with van der Waals surface area (Å²) in [5.74, 6) is -0.560. The van der Waals surface area contributed by atoms with Crippen molar-refractivity contribution in [3.05, 3.63) is 4.88 Å². The van der Waals surface area contributed by atoms with Gasteiger partial charge in [-0.3, -0.25) is 9.59 Å². The predicted octanol–water partition coefficient (Wildman–Crippen LogP) is 0.495. The van der Waals surface area contributed by atoms with Crippen LogP contribution in [-0.4, -0.2) is 41.3 Å². The second kappa shape index (κ2) is 6.08. The molecular weight excluding hydrogens is 278 g/mol. The maximum Gasteiger partial charge on any atom is 0.267 e. The van der Waals surface area contributed by atoms with E-state index in [0.29, 0.717) is 29.6 Å². The molecule has 7 nitrogen and oxygen atoms in total. The Morgan fingerprint density at radius 3 is 2.95 bits per heavy atom. The third-order valence-electron chi connectivity index (χ3n) is 3.29. The van der Waals surface area contributed by atoms with Crippen LogP contribution < -0.4 is 16.8 Å². The molecule has 0 aliphatic carbocycles. The van der Waals surface area contributed by atoms with E-state index in [9.17, 15) is 9.59 Å². The zero-order valence-electron chi connectivity index (χ0n) is 11.4. The fourth-order valence-corrected chi connectivity index (χ4v) is 3.17. The molecule has 0 bridgehead atoms. The van der Waals surface area contributed by atoms with E-state index in [2.05, 4.69) is 10.3 Å². The first-order chi connectivity index (χ1) is 9.52. The molecule has 0 saturated carbocycles. The van der Waals surface area contributed by atoms with Gasteiger partial charge in [0.15, 0.2) is 5.13 Å². The SMILES string of the molecule is CCNc1nc(N)c(C(=O)N2CCCC(C(N)=O)C2)s1. The number of anilines is 2. The predicted molar refractivity (Wildman–Crippen MR) is 78.5 cm³/mol. The van der Waals surface area contributed by atoms with Crippen LogP contribution in [0, 0.1) is 5.92 Å². The number of likely N-dealkylation sites (tertiary alicyclic amines) is 1. The van der Waals surface area contributed by atoms with Crippen molar-refractivity contribution in [1.82, 2.24) is 9.88 Å². The smallest absolute Gasteiger partial charge is 0.267 e. The van der Waals surface area contributed by atoms with Gasteiger partial charge in [0.05, 0.1) is 5.92 Å². The maximum absolute atomic E-state index is 12.4. The van der Waals surface area contributed by atoms with Gasteiger partial charge in [0.25, 0.3) is 5.91 Å². The molecule has 0 radical (unpaired) electrons. The Morgan fingerprint density at radius 2 is 2.30 bits per heavy atom. The second-order valence-electron chi connectivity index (χ2n) is 4.76. The summed E-state index contributed by atoms with van der Waals surface area (Å²) < 4.78 is 0. The van der Waals surface area contributed by atoms with Crippen LogP contribution in [0.15, 0.2) is 0 Å². The molecule has 5 N–H and O–H groups in total. The zero-order valence-corrected chi connectivity index (χ0v) is 12.2. The quantitative estimate of drug-likeness (QED) is 0.748. The van der Waals surface area contributed by atoms with Crippen molar-refractivity contribution in [2.45, 2.75) is 19.8 Å². The van der Waals surface area contributed by atoms with E-state index >= 15 is 0 Å². The standard InChI is InChI=1S/C12H19N5O2S/c1-2-15-12-16-9(13)8(20-12)11(19)17-5-3-4-7(6-17)10(14)18/h7H,2-6,13H2,1H3,(H2,14,18)(H,15,16). The van der Waals surface area contributed by atoms with Gasteiger partial charge in [0, 0.05) is 19.6 Å². The highest BCUT2D eigenvalue weighted by molar-refractivity contribution is 7.18. The number of hydrogen-bond acceptors (Lipinski definition) is 6. The van der Waals surface area contributed by atoms with E-state index in [1.165, 1.54) is 11.3 Å². The van der Waals surface area contributed by atoms with E-state index in [1.807, 2.05) is 6.92 Å². The Bertz CT molecular complexity index is 516. The average Bonchev–Trinajstić information content (AvgIpc) is 2.79. The fraction of sp³-hybridized carbons (Fsp3) is 0.583. The molecule has 1 fully saturated rings. The molecular formula is C12H19N5O2S. The number of carbonyl (C=O) groups excluding carboxylic acids is 2. The van der Waals surface area contributed by atoms with Crippen LogP contribution >= 0.6 is 11.3 Å². The third kappa shape index (κ3) is 3.01. The molecule has 1 unspecified atom stereocenters. The molecule has 2 heterocycles. The number of amides is 2. The van der Waals surface area contributed by atoms with Gasteiger partial charge in [-0.2, -0.15) is 0 Å². The topological polar surface area (TPSA) is 114 Å². The summed E-state index contributed by atoms with van der Waals surface area (Å²) in [5, 5.41) is 3.67. The molecule has 2 rings (SSSR count). The Kier molecular flexibility index (Phi) is 4.43. The zero-order chi connectivity index (χ0) is 14.7. The minimum absolute atomic E-state index is 0.171. The van der Waals surface area contributed by atoms with Gasteiger partial charge in [-0.1, -0.05) is 11.3 Å². The molecule has 0 spiro atoms. The molecule has 110 valence electrons. The van der Waals surface area contributed by atoms with Gasteiger partial charge in [-0.15, -0.1) is 0 Å². The Balaban J connectivity index is 2.12. The highest BCUT2D eigenvalue weighted by Crippen LogP contribution is 2.28. The summed E-state index contributed by atoms with van der Waals surface area (Å²) in [5.41, 5.74) is 11.1. The Morgan fingerprint density at radius 1 is 1.55 bits per heavy atom. The number of nitrogens with one attached hydrogen (secondary N) is 1. The molecule has 0 aromatic carbocycles. The summed E-state index contributed by atoms with van der Waals surface area (Å²) >= 11 is 1.24. The first kappa shape index (κ1) is 14.6. The van der Waals surface area contributed by atoms with Crippen LogP contribution in [0.5, 0.6) is 0 Å². The minimum Gasteiger partial charge on any atom is -0.382 e. The Hall–Kier alpha value is -1.83. The largest absolute Gasteiger partial charge is 0.382 e. The van der Waals surface area contributed by atoms with Crippen LogP contribution in [0.2, 0.25) is 0 Å². The van der Waals surface area contributed by atoms with Crippen LogP contribution in [-0.2, 0) is 4.79 Å². The lowest BCUT2D eigenvalue weighted by Gasteiger charge is -2.30. The van der Waals surface area contributed by atoms with Crippen molar-refractivity contribution < 1.29 is 9.59 Å². The number of nitrogen functional groups attached to an aromatic ring is 1. The number of carbonyl (C=O) groups is 2. The van der Waals surface area contributed by atoms with E-state index in [4.69, 9.17) is 11.5 Å². The van der Waals surface area contributed by atoms with Gasteiger partial charge < -0.3 is 21.7 Å². The Labute approximate surface area is 121 Å². The number of thiazole rings is 1. The molecule has 1 aliphatic rings. The number of nitrogens with zero attached hydrogens (tertiary/aromatic N) is 2. The number of rotatable bonds is 4. The fourth-order valence-electron chi connectivity index (χ4n) is 2.25. The van der Waals surface area contributed by atoms with Crippen molar-refractivity contribution in [1.29, 1.82) is 0 Å². The molecule has 1 atom stereocenters. The van der Waals surface area contributed by atoms with E-state index in [-0.39, 0.29) is 23.6 Å². The summed E-state index contributed by atoms with van der Waals surface area (Å²) in [6.45, 7) is 3.65. The number of nitrogens with two attached hydrogens (primary N) is 2. The molecule has 1 aromatic rings. The number of hydrogen-bond donors (Lipinski definition) is 3. The van der Waals surface area contributed by atoms with Crippen molar-refractivity contribution in [2.24, 2.45) is 11.7 Å². The highest BCUT2D eigenvalue weighted by atomic mass is 32.1. The van der Waals surface area contributed by atoms with Crippen molar-refractivity contribution in [2.75, 3.05) is 30.7 Å².